The van der Waals surface area contributed by atoms with Crippen LogP contribution in [0.25, 0.3) is 22.4 Å². The third-order valence-electron chi connectivity index (χ3n) is 4.04. The molecule has 3 N–H and O–H groups in total. The molecular weight excluding hydrogens is 272 g/mol. The summed E-state index contributed by atoms with van der Waals surface area (Å²) in [6.45, 7) is 5.80. The van der Waals surface area contributed by atoms with Gasteiger partial charge in [0.25, 0.3) is 0 Å². The Morgan fingerprint density at radius 1 is 1.18 bits per heavy atom. The third kappa shape index (κ3) is 2.31. The summed E-state index contributed by atoms with van der Waals surface area (Å²) >= 11 is 0. The number of nitrogens with one attached hydrogen (secondary N) is 1. The van der Waals surface area contributed by atoms with E-state index in [2.05, 4.69) is 16.0 Å². The second-order valence-corrected chi connectivity index (χ2v) is 6.13. The normalized spacial score (nSPS) is 11.5. The fourth-order valence-corrected chi connectivity index (χ4v) is 2.39. The maximum absolute atomic E-state index is 9.27. The monoisotopic (exact) mass is 290 g/mol. The Bertz CT molecular complexity index is 897. The number of nitrogen functional groups attached to an aromatic ring is 1. The van der Waals surface area contributed by atoms with Crippen molar-refractivity contribution >= 4 is 16.7 Å². The number of hydrogen-bond donors (Lipinski definition) is 2. The number of H-pyrrole nitrogens is 1. The zero-order chi connectivity index (χ0) is 15.9. The molecule has 0 fully saturated rings. The van der Waals surface area contributed by atoms with Crippen LogP contribution in [0.15, 0.2) is 36.4 Å². The van der Waals surface area contributed by atoms with Crippen molar-refractivity contribution in [1.29, 1.82) is 5.26 Å². The minimum absolute atomic E-state index is 0.520. The first-order valence-electron chi connectivity index (χ1n) is 7.19. The van der Waals surface area contributed by atoms with Gasteiger partial charge in [0, 0.05) is 11.3 Å². The van der Waals surface area contributed by atoms with Gasteiger partial charge in [-0.15, -0.1) is 0 Å². The Kier molecular flexibility index (Phi) is 3.14. The van der Waals surface area contributed by atoms with Gasteiger partial charge in [0.2, 0.25) is 0 Å². The van der Waals surface area contributed by atoms with E-state index in [9.17, 15) is 5.26 Å². The zero-order valence-electron chi connectivity index (χ0n) is 12.9. The predicted octanol–water partition coefficient (Wildman–Crippen LogP) is 3.92. The highest BCUT2D eigenvalue weighted by Crippen LogP contribution is 2.28. The van der Waals surface area contributed by atoms with E-state index in [0.29, 0.717) is 0 Å². The van der Waals surface area contributed by atoms with Gasteiger partial charge in [0.1, 0.15) is 5.82 Å². The molecule has 3 rings (SSSR count). The number of nitriles is 1. The number of aromatic amines is 1. The van der Waals surface area contributed by atoms with Gasteiger partial charge in [0.05, 0.1) is 22.5 Å². The highest BCUT2D eigenvalue weighted by atomic mass is 14.9. The van der Waals surface area contributed by atoms with E-state index >= 15 is 0 Å². The molecule has 0 aliphatic heterocycles. The third-order valence-corrected chi connectivity index (χ3v) is 4.04. The van der Waals surface area contributed by atoms with Crippen LogP contribution in [0.3, 0.4) is 0 Å². The fraction of sp³-hybridized carbons (Fsp3) is 0.222. The highest BCUT2D eigenvalue weighted by Gasteiger charge is 2.20. The van der Waals surface area contributed by atoms with Crippen LogP contribution in [0.2, 0.25) is 0 Å². The smallest absolute Gasteiger partial charge is 0.138 e. The number of fused-ring (bicyclic) bond motifs is 1. The Hall–Kier alpha value is -2.80. The van der Waals surface area contributed by atoms with Crippen LogP contribution in [0.1, 0.15) is 25.0 Å². The standard InChI is InChI=1S/C18H18N4/c1-11-4-5-12(8-14(11)20)17-21-15-7-6-13(9-16(15)22-17)18(2,3)10-19/h4-9H,20H2,1-3H3,(H,21,22). The Labute approximate surface area is 129 Å². The maximum atomic E-state index is 9.27. The van der Waals surface area contributed by atoms with Crippen LogP contribution in [0.4, 0.5) is 5.69 Å². The lowest BCUT2D eigenvalue weighted by Crippen LogP contribution is -2.13. The van der Waals surface area contributed by atoms with Crippen molar-refractivity contribution in [1.82, 2.24) is 9.97 Å². The van der Waals surface area contributed by atoms with Gasteiger partial charge in [0.15, 0.2) is 0 Å². The van der Waals surface area contributed by atoms with Crippen LogP contribution in [-0.2, 0) is 5.41 Å². The van der Waals surface area contributed by atoms with Crippen LogP contribution in [0.5, 0.6) is 0 Å². The second-order valence-electron chi connectivity index (χ2n) is 6.13. The van der Waals surface area contributed by atoms with Crippen LogP contribution in [0, 0.1) is 18.3 Å². The zero-order valence-corrected chi connectivity index (χ0v) is 12.9. The number of hydrogen-bond acceptors (Lipinski definition) is 3. The van der Waals surface area contributed by atoms with Gasteiger partial charge in [-0.2, -0.15) is 5.26 Å². The van der Waals surface area contributed by atoms with Gasteiger partial charge >= 0.3 is 0 Å². The second kappa shape index (κ2) is 4.88. The van der Waals surface area contributed by atoms with Crippen molar-refractivity contribution in [3.63, 3.8) is 0 Å². The van der Waals surface area contributed by atoms with Crippen molar-refractivity contribution in [3.8, 4) is 17.5 Å². The van der Waals surface area contributed by atoms with E-state index in [1.807, 2.05) is 57.2 Å². The van der Waals surface area contributed by atoms with Crippen LogP contribution < -0.4 is 5.73 Å². The SMILES string of the molecule is Cc1ccc(-c2nc3ccc(C(C)(C)C#N)cc3[nH]2)cc1N. The molecule has 0 atom stereocenters. The first-order chi connectivity index (χ1) is 10.4. The van der Waals surface area contributed by atoms with Crippen LogP contribution in [-0.4, -0.2) is 9.97 Å². The summed E-state index contributed by atoms with van der Waals surface area (Å²) in [5.74, 6) is 0.786. The number of aromatic nitrogens is 2. The number of benzene rings is 2. The first-order valence-corrected chi connectivity index (χ1v) is 7.19. The molecule has 0 aliphatic carbocycles. The van der Waals surface area contributed by atoms with E-state index in [1.54, 1.807) is 0 Å². The molecule has 1 aromatic heterocycles. The minimum atomic E-state index is -0.520. The molecule has 2 aromatic carbocycles. The number of imidazole rings is 1. The topological polar surface area (TPSA) is 78.5 Å². The van der Waals surface area contributed by atoms with Crippen molar-refractivity contribution in [2.24, 2.45) is 0 Å². The summed E-state index contributed by atoms with van der Waals surface area (Å²) in [4.78, 5) is 7.93. The Morgan fingerprint density at radius 2 is 1.95 bits per heavy atom. The van der Waals surface area contributed by atoms with Gasteiger partial charge in [-0.05, 0) is 50.1 Å². The molecule has 0 aliphatic rings. The average Bonchev–Trinajstić information content (AvgIpc) is 2.93. The molecular formula is C18H18N4. The summed E-state index contributed by atoms with van der Waals surface area (Å²) in [5.41, 5.74) is 11.0. The van der Waals surface area contributed by atoms with E-state index < -0.39 is 5.41 Å². The summed E-state index contributed by atoms with van der Waals surface area (Å²) in [6, 6.07) is 14.1. The van der Waals surface area contributed by atoms with Gasteiger partial charge in [-0.3, -0.25) is 0 Å². The molecule has 0 amide bonds. The highest BCUT2D eigenvalue weighted by molar-refractivity contribution is 5.81. The molecule has 4 heteroatoms. The molecule has 0 unspecified atom stereocenters. The van der Waals surface area contributed by atoms with Gasteiger partial charge in [-0.1, -0.05) is 18.2 Å². The largest absolute Gasteiger partial charge is 0.398 e. The van der Waals surface area contributed by atoms with E-state index in [0.717, 1.165) is 39.2 Å². The molecule has 3 aromatic rings. The Morgan fingerprint density at radius 3 is 2.64 bits per heavy atom. The molecule has 22 heavy (non-hydrogen) atoms. The van der Waals surface area contributed by atoms with Gasteiger partial charge < -0.3 is 10.7 Å². The number of nitrogens with zero attached hydrogens (tertiary/aromatic N) is 2. The molecule has 4 nitrogen and oxygen atoms in total. The summed E-state index contributed by atoms with van der Waals surface area (Å²) < 4.78 is 0. The molecule has 110 valence electrons. The fourth-order valence-electron chi connectivity index (χ4n) is 2.39. The molecule has 0 saturated heterocycles. The van der Waals surface area contributed by atoms with Crippen molar-refractivity contribution in [2.45, 2.75) is 26.2 Å². The number of aryl methyl sites for hydroxylation is 1. The maximum Gasteiger partial charge on any atom is 0.138 e. The lowest BCUT2D eigenvalue weighted by molar-refractivity contribution is 0.688. The molecule has 0 radical (unpaired) electrons. The van der Waals surface area contributed by atoms with E-state index in [-0.39, 0.29) is 0 Å². The molecule has 0 saturated carbocycles. The van der Waals surface area contributed by atoms with Crippen molar-refractivity contribution in [2.75, 3.05) is 5.73 Å². The Balaban J connectivity index is 2.10. The van der Waals surface area contributed by atoms with E-state index in [4.69, 9.17) is 5.73 Å². The summed E-state index contributed by atoms with van der Waals surface area (Å²) in [5, 5.41) is 9.27. The summed E-state index contributed by atoms with van der Waals surface area (Å²) in [7, 11) is 0. The first kappa shape index (κ1) is 14.2. The minimum Gasteiger partial charge on any atom is -0.398 e. The molecule has 0 bridgehead atoms. The number of nitrogens with two attached hydrogens (primary N) is 1. The number of anilines is 1. The van der Waals surface area contributed by atoms with Gasteiger partial charge in [-0.25, -0.2) is 4.98 Å². The molecule has 0 spiro atoms. The van der Waals surface area contributed by atoms with E-state index in [1.165, 1.54) is 0 Å². The van der Waals surface area contributed by atoms with Crippen molar-refractivity contribution in [3.05, 3.63) is 47.5 Å². The molecule has 1 heterocycles. The lowest BCUT2D eigenvalue weighted by atomic mass is 9.86. The quantitative estimate of drug-likeness (QED) is 0.702. The lowest BCUT2D eigenvalue weighted by Gasteiger charge is -2.15. The average molecular weight is 290 g/mol. The summed E-state index contributed by atoms with van der Waals surface area (Å²) in [6.07, 6.45) is 0. The van der Waals surface area contributed by atoms with Crippen LogP contribution >= 0.6 is 0 Å². The predicted molar refractivity (Wildman–Crippen MR) is 89.3 cm³/mol. The van der Waals surface area contributed by atoms with Crippen molar-refractivity contribution < 1.29 is 0 Å². The number of rotatable bonds is 2.